The van der Waals surface area contributed by atoms with Gasteiger partial charge < -0.3 is 20.7 Å². The number of nitrogens with one attached hydrogen (secondary N) is 3. The number of hydrogen-bond acceptors (Lipinski definition) is 4. The summed E-state index contributed by atoms with van der Waals surface area (Å²) in [7, 11) is 0. The molecule has 0 aliphatic heterocycles. The quantitative estimate of drug-likeness (QED) is 0.171. The summed E-state index contributed by atoms with van der Waals surface area (Å²) in [5.74, 6) is -0.930. The van der Waals surface area contributed by atoms with E-state index < -0.39 is 35.1 Å². The number of carbonyl (C=O) groups excluding carboxylic acids is 3. The third-order valence-corrected chi connectivity index (χ3v) is 7.22. The molecule has 44 heavy (non-hydrogen) atoms. The van der Waals surface area contributed by atoms with Crippen LogP contribution in [0.5, 0.6) is 0 Å². The van der Waals surface area contributed by atoms with Gasteiger partial charge in [0.1, 0.15) is 17.2 Å². The Labute approximate surface area is 264 Å². The fourth-order valence-electron chi connectivity index (χ4n) is 4.99. The summed E-state index contributed by atoms with van der Waals surface area (Å²) in [6.45, 7) is 5.49. The highest BCUT2D eigenvalue weighted by Crippen LogP contribution is 2.37. The molecule has 0 aliphatic rings. The first-order chi connectivity index (χ1) is 21.1. The van der Waals surface area contributed by atoms with E-state index in [9.17, 15) is 14.4 Å². The summed E-state index contributed by atoms with van der Waals surface area (Å²) in [5.41, 5.74) is 1.66. The molecule has 0 saturated heterocycles. The maximum Gasteiger partial charge on any atom is 0.408 e. The number of alkyl carbamates (subject to hydrolysis) is 1. The van der Waals surface area contributed by atoms with E-state index in [-0.39, 0.29) is 6.42 Å². The Morgan fingerprint density at radius 2 is 1.20 bits per heavy atom. The average molecular weight is 612 g/mol. The maximum absolute atomic E-state index is 14.0. The van der Waals surface area contributed by atoms with E-state index in [0.717, 1.165) is 22.3 Å². The van der Waals surface area contributed by atoms with Crippen LogP contribution >= 0.6 is 11.6 Å². The summed E-state index contributed by atoms with van der Waals surface area (Å²) in [5, 5.41) is 9.35. The second-order valence-corrected chi connectivity index (χ2v) is 11.9. The summed E-state index contributed by atoms with van der Waals surface area (Å²) >= 11 is 5.98. The first-order valence-corrected chi connectivity index (χ1v) is 14.9. The SMILES string of the molecule is CC(C)(C)OC(=O)N[C@H](CC(=O)NC(c1ccccc1)(c1ccccc1)c1ccccc1)C(=O)NCCc1ccc(Cl)cc1. The fraction of sp³-hybridized carbons (Fsp3) is 0.250. The molecule has 0 fully saturated rings. The third-order valence-electron chi connectivity index (χ3n) is 6.97. The number of carbonyl (C=O) groups is 3. The van der Waals surface area contributed by atoms with Crippen LogP contribution in [0.25, 0.3) is 0 Å². The van der Waals surface area contributed by atoms with Crippen molar-refractivity contribution in [3.63, 3.8) is 0 Å². The first-order valence-electron chi connectivity index (χ1n) is 14.6. The van der Waals surface area contributed by atoms with Gasteiger partial charge in [0.15, 0.2) is 0 Å². The van der Waals surface area contributed by atoms with Crippen molar-refractivity contribution in [1.29, 1.82) is 0 Å². The summed E-state index contributed by atoms with van der Waals surface area (Å²) in [6.07, 6.45) is -0.559. The number of ether oxygens (including phenoxy) is 1. The normalized spacial score (nSPS) is 12.1. The van der Waals surface area contributed by atoms with Crippen LogP contribution < -0.4 is 16.0 Å². The summed E-state index contributed by atoms with van der Waals surface area (Å²) in [4.78, 5) is 40.2. The molecule has 228 valence electrons. The zero-order chi connectivity index (χ0) is 31.6. The van der Waals surface area contributed by atoms with E-state index in [1.54, 1.807) is 32.9 Å². The molecule has 0 aromatic heterocycles. The lowest BCUT2D eigenvalue weighted by molar-refractivity contribution is -0.129. The summed E-state index contributed by atoms with van der Waals surface area (Å²) < 4.78 is 5.42. The minimum atomic E-state index is -1.19. The molecular formula is C36H38ClN3O4. The first kappa shape index (κ1) is 32.3. The Kier molecular flexibility index (Phi) is 10.8. The minimum absolute atomic E-state index is 0.302. The van der Waals surface area contributed by atoms with Gasteiger partial charge in [0.25, 0.3) is 0 Å². The summed E-state index contributed by atoms with van der Waals surface area (Å²) in [6, 6.07) is 35.2. The van der Waals surface area contributed by atoms with E-state index >= 15 is 0 Å². The highest BCUT2D eigenvalue weighted by molar-refractivity contribution is 6.30. The molecule has 0 spiro atoms. The molecule has 7 nitrogen and oxygen atoms in total. The van der Waals surface area contributed by atoms with E-state index in [2.05, 4.69) is 16.0 Å². The van der Waals surface area contributed by atoms with Crippen molar-refractivity contribution in [1.82, 2.24) is 16.0 Å². The molecule has 0 radical (unpaired) electrons. The Morgan fingerprint density at radius 3 is 1.66 bits per heavy atom. The molecule has 0 heterocycles. The van der Waals surface area contributed by atoms with Gasteiger partial charge in [-0.3, -0.25) is 9.59 Å². The van der Waals surface area contributed by atoms with Crippen molar-refractivity contribution in [2.75, 3.05) is 6.54 Å². The van der Waals surface area contributed by atoms with Crippen molar-refractivity contribution in [2.45, 2.75) is 50.8 Å². The predicted octanol–water partition coefficient (Wildman–Crippen LogP) is 6.39. The van der Waals surface area contributed by atoms with Gasteiger partial charge in [-0.2, -0.15) is 0 Å². The number of amides is 3. The molecule has 0 unspecified atom stereocenters. The molecule has 4 aromatic carbocycles. The van der Waals surface area contributed by atoms with Gasteiger partial charge in [-0.15, -0.1) is 0 Å². The van der Waals surface area contributed by atoms with Crippen LogP contribution in [0.4, 0.5) is 4.79 Å². The van der Waals surface area contributed by atoms with Gasteiger partial charge in [-0.25, -0.2) is 4.79 Å². The molecule has 0 saturated carbocycles. The van der Waals surface area contributed by atoms with Gasteiger partial charge in [0.2, 0.25) is 11.8 Å². The van der Waals surface area contributed by atoms with Gasteiger partial charge in [0.05, 0.1) is 6.42 Å². The standard InChI is InChI=1S/C36H38ClN3O4/c1-35(2,3)44-34(43)39-31(33(42)38-24-23-26-19-21-30(37)22-20-26)25-32(41)40-36(27-13-7-4-8-14-27,28-15-9-5-10-16-28)29-17-11-6-12-18-29/h4-22,31H,23-25H2,1-3H3,(H,38,42)(H,39,43)(H,40,41)/t31-/m1/s1. The van der Waals surface area contributed by atoms with E-state index in [0.29, 0.717) is 18.0 Å². The number of benzene rings is 4. The van der Waals surface area contributed by atoms with Gasteiger partial charge >= 0.3 is 6.09 Å². The molecule has 3 N–H and O–H groups in total. The molecule has 1 atom stereocenters. The van der Waals surface area contributed by atoms with Crippen LogP contribution in [0.15, 0.2) is 115 Å². The third kappa shape index (κ3) is 8.71. The Hall–Kier alpha value is -4.62. The topological polar surface area (TPSA) is 96.5 Å². The van der Waals surface area contributed by atoms with Crippen molar-refractivity contribution < 1.29 is 19.1 Å². The number of halogens is 1. The smallest absolute Gasteiger partial charge is 0.408 e. The van der Waals surface area contributed by atoms with Gasteiger partial charge in [-0.05, 0) is 61.6 Å². The van der Waals surface area contributed by atoms with Crippen LogP contribution in [0.2, 0.25) is 5.02 Å². The molecule has 8 heteroatoms. The lowest BCUT2D eigenvalue weighted by Gasteiger charge is -2.37. The zero-order valence-electron chi connectivity index (χ0n) is 25.2. The fourth-order valence-corrected chi connectivity index (χ4v) is 5.12. The molecule has 3 amide bonds. The molecule has 0 aliphatic carbocycles. The van der Waals surface area contributed by atoms with Crippen molar-refractivity contribution in [2.24, 2.45) is 0 Å². The Morgan fingerprint density at radius 1 is 0.727 bits per heavy atom. The Bertz CT molecular complexity index is 1430. The predicted molar refractivity (Wildman–Crippen MR) is 173 cm³/mol. The molecule has 0 bridgehead atoms. The zero-order valence-corrected chi connectivity index (χ0v) is 25.9. The highest BCUT2D eigenvalue weighted by Gasteiger charge is 2.39. The minimum Gasteiger partial charge on any atom is -0.444 e. The van der Waals surface area contributed by atoms with Crippen LogP contribution in [-0.2, 0) is 26.3 Å². The van der Waals surface area contributed by atoms with Crippen molar-refractivity contribution >= 4 is 29.5 Å². The van der Waals surface area contributed by atoms with Crippen molar-refractivity contribution in [3.8, 4) is 0 Å². The van der Waals surface area contributed by atoms with Gasteiger partial charge in [0, 0.05) is 11.6 Å². The second kappa shape index (κ2) is 14.7. The highest BCUT2D eigenvalue weighted by atomic mass is 35.5. The van der Waals surface area contributed by atoms with E-state index in [1.165, 1.54) is 0 Å². The molecular weight excluding hydrogens is 574 g/mol. The molecule has 4 rings (SSSR count). The largest absolute Gasteiger partial charge is 0.444 e. The van der Waals surface area contributed by atoms with Crippen LogP contribution in [0.3, 0.4) is 0 Å². The van der Waals surface area contributed by atoms with Gasteiger partial charge in [-0.1, -0.05) is 115 Å². The molecule has 4 aromatic rings. The second-order valence-electron chi connectivity index (χ2n) is 11.5. The average Bonchev–Trinajstić information content (AvgIpc) is 3.01. The monoisotopic (exact) mass is 611 g/mol. The number of hydrogen-bond donors (Lipinski definition) is 3. The maximum atomic E-state index is 14.0. The lowest BCUT2D eigenvalue weighted by atomic mass is 9.77. The van der Waals surface area contributed by atoms with Crippen LogP contribution in [0, 0.1) is 0 Å². The lowest BCUT2D eigenvalue weighted by Crippen LogP contribution is -2.53. The van der Waals surface area contributed by atoms with E-state index in [4.69, 9.17) is 16.3 Å². The van der Waals surface area contributed by atoms with Crippen LogP contribution in [0.1, 0.15) is 49.4 Å². The Balaban J connectivity index is 1.62. The van der Waals surface area contributed by atoms with Crippen LogP contribution in [-0.4, -0.2) is 36.1 Å². The number of rotatable bonds is 11. The van der Waals surface area contributed by atoms with Crippen molar-refractivity contribution in [3.05, 3.63) is 143 Å². The van der Waals surface area contributed by atoms with E-state index in [1.807, 2.05) is 103 Å².